The Kier molecular flexibility index (Phi) is 6.63. The van der Waals surface area contributed by atoms with E-state index in [1.807, 2.05) is 34.6 Å². The zero-order valence-corrected chi connectivity index (χ0v) is 13.2. The molecule has 0 heterocycles. The van der Waals surface area contributed by atoms with Crippen molar-refractivity contribution in [2.45, 2.75) is 65.6 Å². The first-order valence-corrected chi connectivity index (χ1v) is 6.69. The molecule has 0 saturated heterocycles. The second-order valence-electron chi connectivity index (χ2n) is 6.70. The van der Waals surface area contributed by atoms with Crippen molar-refractivity contribution in [1.82, 2.24) is 0 Å². The molecule has 0 unspecified atom stereocenters. The molecule has 19 heavy (non-hydrogen) atoms. The molecule has 0 aromatic heterocycles. The van der Waals surface area contributed by atoms with E-state index in [4.69, 9.17) is 9.47 Å². The van der Waals surface area contributed by atoms with Crippen LogP contribution in [0.3, 0.4) is 0 Å². The molecule has 0 aromatic rings. The average Bonchev–Trinajstić information content (AvgIpc) is 2.21. The Morgan fingerprint density at radius 2 is 1.53 bits per heavy atom. The summed E-state index contributed by atoms with van der Waals surface area (Å²) >= 11 is 0. The van der Waals surface area contributed by atoms with E-state index in [-0.39, 0.29) is 12.2 Å². The minimum Gasteiger partial charge on any atom is -0.373 e. The van der Waals surface area contributed by atoms with Crippen molar-refractivity contribution in [3.05, 3.63) is 12.2 Å². The molecule has 0 bridgehead atoms. The highest BCUT2D eigenvalue weighted by molar-refractivity contribution is 4.96. The maximum absolute atomic E-state index is 13.3. The Labute approximate surface area is 116 Å². The quantitative estimate of drug-likeness (QED) is 0.641. The fraction of sp³-hybridized carbons (Fsp3) is 0.867. The minimum atomic E-state index is -2.78. The molecule has 0 radical (unpaired) electrons. The smallest absolute Gasteiger partial charge is 0.268 e. The van der Waals surface area contributed by atoms with Crippen molar-refractivity contribution in [3.8, 4) is 0 Å². The van der Waals surface area contributed by atoms with Crippen LogP contribution >= 0.6 is 0 Å². The van der Waals surface area contributed by atoms with E-state index < -0.39 is 17.4 Å². The summed E-state index contributed by atoms with van der Waals surface area (Å²) in [5.74, 6) is -3.49. The van der Waals surface area contributed by atoms with Crippen molar-refractivity contribution in [3.63, 3.8) is 0 Å². The predicted molar refractivity (Wildman–Crippen MR) is 74.7 cm³/mol. The zero-order valence-electron chi connectivity index (χ0n) is 13.2. The molecule has 0 amide bonds. The number of hydrogen-bond donors (Lipinski definition) is 0. The van der Waals surface area contributed by atoms with Crippen LogP contribution in [0.4, 0.5) is 8.78 Å². The summed E-state index contributed by atoms with van der Waals surface area (Å²) in [6.45, 7) is 13.2. The first-order valence-electron chi connectivity index (χ1n) is 6.69. The molecule has 0 aliphatic rings. The Balaban J connectivity index is 4.15. The van der Waals surface area contributed by atoms with Gasteiger partial charge >= 0.3 is 0 Å². The third-order valence-electron chi connectivity index (χ3n) is 2.53. The Bertz CT molecular complexity index is 289. The van der Waals surface area contributed by atoms with Crippen LogP contribution in [0.15, 0.2) is 12.2 Å². The predicted octanol–water partition coefficient (Wildman–Crippen LogP) is 4.44. The van der Waals surface area contributed by atoms with Gasteiger partial charge in [-0.3, -0.25) is 0 Å². The molecule has 0 saturated carbocycles. The summed E-state index contributed by atoms with van der Waals surface area (Å²) in [5, 5.41) is 0. The zero-order chi connectivity index (χ0) is 15.3. The van der Waals surface area contributed by atoms with Gasteiger partial charge < -0.3 is 9.47 Å². The second-order valence-corrected chi connectivity index (χ2v) is 6.70. The fourth-order valence-corrected chi connectivity index (χ4v) is 1.10. The van der Waals surface area contributed by atoms with Gasteiger partial charge in [0.25, 0.3) is 5.92 Å². The van der Waals surface area contributed by atoms with Gasteiger partial charge in [-0.05, 0) is 40.7 Å². The summed E-state index contributed by atoms with van der Waals surface area (Å²) in [5.41, 5.74) is -0.730. The normalized spacial score (nSPS) is 14.6. The maximum Gasteiger partial charge on any atom is 0.268 e. The Morgan fingerprint density at radius 3 is 1.95 bits per heavy atom. The van der Waals surface area contributed by atoms with Crippen LogP contribution in [0, 0.1) is 5.92 Å². The highest BCUT2D eigenvalue weighted by Gasteiger charge is 2.29. The van der Waals surface area contributed by atoms with Gasteiger partial charge in [0, 0.05) is 5.92 Å². The highest BCUT2D eigenvalue weighted by Crippen LogP contribution is 2.25. The summed E-state index contributed by atoms with van der Waals surface area (Å²) in [6, 6.07) is 0. The number of alkyl halides is 2. The van der Waals surface area contributed by atoms with Crippen LogP contribution in [-0.2, 0) is 9.47 Å². The van der Waals surface area contributed by atoms with Crippen LogP contribution in [0.5, 0.6) is 0 Å². The van der Waals surface area contributed by atoms with E-state index in [0.717, 1.165) is 6.08 Å². The van der Waals surface area contributed by atoms with Gasteiger partial charge in [0.1, 0.15) is 0 Å². The lowest BCUT2D eigenvalue weighted by molar-refractivity contribution is -0.108. The molecule has 0 atom stereocenters. The molecule has 0 aliphatic heterocycles. The van der Waals surface area contributed by atoms with Crippen molar-refractivity contribution in [1.29, 1.82) is 0 Å². The molecule has 0 N–H and O–H groups in total. The van der Waals surface area contributed by atoms with E-state index in [9.17, 15) is 8.78 Å². The molecule has 0 rings (SSSR count). The first kappa shape index (κ1) is 18.5. The van der Waals surface area contributed by atoms with Crippen LogP contribution in [0.2, 0.25) is 0 Å². The first-order chi connectivity index (χ1) is 8.36. The summed E-state index contributed by atoms with van der Waals surface area (Å²) in [7, 11) is 0. The van der Waals surface area contributed by atoms with Gasteiger partial charge in [0.05, 0.1) is 24.4 Å². The topological polar surface area (TPSA) is 18.5 Å². The van der Waals surface area contributed by atoms with Crippen LogP contribution < -0.4 is 0 Å². The van der Waals surface area contributed by atoms with Crippen LogP contribution in [-0.4, -0.2) is 30.3 Å². The van der Waals surface area contributed by atoms with Gasteiger partial charge in [-0.15, -0.1) is 0 Å². The lowest BCUT2D eigenvalue weighted by atomic mass is 10.1. The molecule has 0 aromatic carbocycles. The van der Waals surface area contributed by atoms with Crippen molar-refractivity contribution in [2.75, 3.05) is 13.2 Å². The second kappa shape index (κ2) is 6.80. The summed E-state index contributed by atoms with van der Waals surface area (Å²) in [6.07, 6.45) is 2.29. The van der Waals surface area contributed by atoms with Gasteiger partial charge in [-0.25, -0.2) is 8.78 Å². The Hall–Kier alpha value is -0.480. The SMILES string of the molecule is CC(C)C(F)(F)/C=C/COC(C)(C)COC(C)(C)C. The number of ether oxygens (including phenoxy) is 2. The molecule has 114 valence electrons. The third kappa shape index (κ3) is 9.11. The van der Waals surface area contributed by atoms with E-state index in [1.165, 1.54) is 19.9 Å². The largest absolute Gasteiger partial charge is 0.373 e. The number of halogens is 2. The summed E-state index contributed by atoms with van der Waals surface area (Å²) < 4.78 is 37.8. The van der Waals surface area contributed by atoms with Gasteiger partial charge in [-0.2, -0.15) is 0 Å². The third-order valence-corrected chi connectivity index (χ3v) is 2.53. The van der Waals surface area contributed by atoms with Crippen molar-refractivity contribution < 1.29 is 18.3 Å². The maximum atomic E-state index is 13.3. The highest BCUT2D eigenvalue weighted by atomic mass is 19.3. The number of hydrogen-bond acceptors (Lipinski definition) is 2. The lowest BCUT2D eigenvalue weighted by Gasteiger charge is -2.29. The van der Waals surface area contributed by atoms with E-state index in [0.29, 0.717) is 6.61 Å². The van der Waals surface area contributed by atoms with Gasteiger partial charge in [-0.1, -0.05) is 19.9 Å². The van der Waals surface area contributed by atoms with Crippen molar-refractivity contribution >= 4 is 0 Å². The molecular formula is C15H28F2O2. The molecule has 0 fully saturated rings. The Morgan fingerprint density at radius 1 is 1.00 bits per heavy atom. The molecular weight excluding hydrogens is 250 g/mol. The van der Waals surface area contributed by atoms with Crippen molar-refractivity contribution in [2.24, 2.45) is 5.92 Å². The molecule has 4 heteroatoms. The number of rotatable bonds is 7. The standard InChI is InChI=1S/C15H28F2O2/c1-12(2)15(16,17)9-8-10-18-14(6,7)11-19-13(3,4)5/h8-9,12H,10-11H2,1-7H3/b9-8+. The summed E-state index contributed by atoms with van der Waals surface area (Å²) in [4.78, 5) is 0. The van der Waals surface area contributed by atoms with Gasteiger partial charge in [0.15, 0.2) is 0 Å². The monoisotopic (exact) mass is 278 g/mol. The molecule has 2 nitrogen and oxygen atoms in total. The molecule has 0 aliphatic carbocycles. The van der Waals surface area contributed by atoms with E-state index in [2.05, 4.69) is 0 Å². The van der Waals surface area contributed by atoms with Crippen LogP contribution in [0.1, 0.15) is 48.5 Å². The van der Waals surface area contributed by atoms with Gasteiger partial charge in [0.2, 0.25) is 0 Å². The lowest BCUT2D eigenvalue weighted by Crippen LogP contribution is -2.35. The molecule has 0 spiro atoms. The number of allylic oxidation sites excluding steroid dienone is 1. The minimum absolute atomic E-state index is 0.156. The van der Waals surface area contributed by atoms with E-state index in [1.54, 1.807) is 0 Å². The fourth-order valence-electron chi connectivity index (χ4n) is 1.10. The average molecular weight is 278 g/mol. The van der Waals surface area contributed by atoms with E-state index >= 15 is 0 Å². The van der Waals surface area contributed by atoms with Crippen LogP contribution in [0.25, 0.3) is 0 Å².